The minimum absolute atomic E-state index is 0.426. The van der Waals surface area contributed by atoms with Crippen LogP contribution in [0.4, 0.5) is 0 Å². The molecule has 13 heavy (non-hydrogen) atoms. The molecule has 0 fully saturated rings. The number of rotatable bonds is 3. The Kier molecular flexibility index (Phi) is 3.27. The van der Waals surface area contributed by atoms with Gasteiger partial charge in [-0.05, 0) is 25.5 Å². The first-order valence-electron chi connectivity index (χ1n) is 4.27. The van der Waals surface area contributed by atoms with Crippen molar-refractivity contribution in [3.8, 4) is 0 Å². The molecule has 0 heterocycles. The summed E-state index contributed by atoms with van der Waals surface area (Å²) in [5.74, 6) is 0.426. The molecular formula is C9H15NO2S. The molecule has 1 aliphatic rings. The lowest BCUT2D eigenvalue weighted by atomic mass is 10.0. The molecule has 1 unspecified atom stereocenters. The molecule has 1 atom stereocenters. The molecule has 1 aliphatic carbocycles. The zero-order chi connectivity index (χ0) is 9.90. The molecule has 0 saturated carbocycles. The van der Waals surface area contributed by atoms with Crippen molar-refractivity contribution >= 4 is 9.84 Å². The van der Waals surface area contributed by atoms with Crippen molar-refractivity contribution in [2.75, 3.05) is 19.8 Å². The zero-order valence-electron chi connectivity index (χ0n) is 7.95. The van der Waals surface area contributed by atoms with Crippen molar-refractivity contribution in [3.63, 3.8) is 0 Å². The predicted octanol–water partition coefficient (Wildman–Crippen LogP) is 0.710. The third kappa shape index (κ3) is 2.97. The van der Waals surface area contributed by atoms with E-state index in [1.54, 1.807) is 12.2 Å². The van der Waals surface area contributed by atoms with Crippen molar-refractivity contribution < 1.29 is 8.42 Å². The van der Waals surface area contributed by atoms with Crippen molar-refractivity contribution in [2.24, 2.45) is 5.92 Å². The summed E-state index contributed by atoms with van der Waals surface area (Å²) in [4.78, 5) is 0.444. The summed E-state index contributed by atoms with van der Waals surface area (Å²) in [6, 6.07) is 0. The minimum atomic E-state index is -3.01. The molecular weight excluding hydrogens is 186 g/mol. The van der Waals surface area contributed by atoms with Gasteiger partial charge in [0.2, 0.25) is 0 Å². The third-order valence-electron chi connectivity index (χ3n) is 2.05. The van der Waals surface area contributed by atoms with E-state index >= 15 is 0 Å². The maximum absolute atomic E-state index is 11.1. The lowest BCUT2D eigenvalue weighted by Crippen LogP contribution is -2.18. The van der Waals surface area contributed by atoms with Crippen molar-refractivity contribution in [2.45, 2.75) is 6.42 Å². The largest absolute Gasteiger partial charge is 0.319 e. The van der Waals surface area contributed by atoms with Gasteiger partial charge in [0.15, 0.2) is 9.84 Å². The van der Waals surface area contributed by atoms with Gasteiger partial charge in [0.05, 0.1) is 4.91 Å². The molecule has 1 N–H and O–H groups in total. The van der Waals surface area contributed by atoms with Gasteiger partial charge < -0.3 is 5.32 Å². The molecule has 3 nitrogen and oxygen atoms in total. The Hall–Kier alpha value is -0.610. The van der Waals surface area contributed by atoms with Gasteiger partial charge >= 0.3 is 0 Å². The van der Waals surface area contributed by atoms with Crippen LogP contribution in [0.15, 0.2) is 23.1 Å². The molecule has 0 aromatic heterocycles. The van der Waals surface area contributed by atoms with E-state index in [0.717, 1.165) is 13.0 Å². The summed E-state index contributed by atoms with van der Waals surface area (Å²) in [5.41, 5.74) is 0. The molecule has 0 saturated heterocycles. The Labute approximate surface area is 79.4 Å². The van der Waals surface area contributed by atoms with Crippen LogP contribution in [-0.2, 0) is 9.84 Å². The van der Waals surface area contributed by atoms with Crippen LogP contribution in [0.3, 0.4) is 0 Å². The van der Waals surface area contributed by atoms with Crippen LogP contribution in [0.1, 0.15) is 6.42 Å². The first kappa shape index (κ1) is 10.5. The van der Waals surface area contributed by atoms with E-state index in [9.17, 15) is 8.42 Å². The number of nitrogens with one attached hydrogen (secondary N) is 1. The van der Waals surface area contributed by atoms with Gasteiger partial charge in [-0.3, -0.25) is 0 Å². The molecule has 4 heteroatoms. The average Bonchev–Trinajstić information content (AvgIpc) is 2.04. The summed E-state index contributed by atoms with van der Waals surface area (Å²) < 4.78 is 22.2. The van der Waals surface area contributed by atoms with E-state index in [1.807, 2.05) is 13.1 Å². The topological polar surface area (TPSA) is 46.2 Å². The molecule has 1 rings (SSSR count). The SMILES string of the molecule is CNCC1C=CC(S(C)(=O)=O)=CC1. The van der Waals surface area contributed by atoms with Crippen molar-refractivity contribution in [3.05, 3.63) is 23.1 Å². The van der Waals surface area contributed by atoms with Crippen LogP contribution in [0.25, 0.3) is 0 Å². The number of allylic oxidation sites excluding steroid dienone is 2. The highest BCUT2D eigenvalue weighted by atomic mass is 32.2. The van der Waals surface area contributed by atoms with Crippen LogP contribution in [0, 0.1) is 5.92 Å². The lowest BCUT2D eigenvalue weighted by Gasteiger charge is -2.14. The highest BCUT2D eigenvalue weighted by Crippen LogP contribution is 2.18. The van der Waals surface area contributed by atoms with E-state index in [-0.39, 0.29) is 0 Å². The van der Waals surface area contributed by atoms with Crippen LogP contribution in [0.2, 0.25) is 0 Å². The molecule has 0 spiro atoms. The first-order chi connectivity index (χ1) is 6.04. The third-order valence-corrected chi connectivity index (χ3v) is 3.21. The monoisotopic (exact) mass is 201 g/mol. The second kappa shape index (κ2) is 4.07. The average molecular weight is 201 g/mol. The van der Waals surface area contributed by atoms with E-state index in [4.69, 9.17) is 0 Å². The number of sulfone groups is 1. The van der Waals surface area contributed by atoms with Gasteiger partial charge in [0.25, 0.3) is 0 Å². The maximum atomic E-state index is 11.1. The normalized spacial score (nSPS) is 22.9. The Balaban J connectivity index is 2.66. The van der Waals surface area contributed by atoms with E-state index in [0.29, 0.717) is 10.8 Å². The highest BCUT2D eigenvalue weighted by molar-refractivity contribution is 7.94. The van der Waals surface area contributed by atoms with Gasteiger partial charge in [0, 0.05) is 12.8 Å². The summed E-state index contributed by atoms with van der Waals surface area (Å²) in [6.45, 7) is 0.893. The molecule has 74 valence electrons. The molecule has 0 aromatic rings. The summed E-state index contributed by atoms with van der Waals surface area (Å²) >= 11 is 0. The van der Waals surface area contributed by atoms with Gasteiger partial charge in [-0.2, -0.15) is 0 Å². The van der Waals surface area contributed by atoms with Crippen molar-refractivity contribution in [1.82, 2.24) is 5.32 Å². The molecule has 0 bridgehead atoms. The Bertz CT molecular complexity index is 328. The zero-order valence-corrected chi connectivity index (χ0v) is 8.76. The fourth-order valence-corrected chi connectivity index (χ4v) is 2.06. The fraction of sp³-hybridized carbons (Fsp3) is 0.556. The lowest BCUT2D eigenvalue weighted by molar-refractivity contribution is 0.594. The van der Waals surface area contributed by atoms with E-state index < -0.39 is 9.84 Å². The smallest absolute Gasteiger partial charge is 0.175 e. The fourth-order valence-electron chi connectivity index (χ4n) is 1.33. The minimum Gasteiger partial charge on any atom is -0.319 e. The van der Waals surface area contributed by atoms with Gasteiger partial charge in [-0.15, -0.1) is 0 Å². The van der Waals surface area contributed by atoms with Gasteiger partial charge in [-0.1, -0.05) is 12.2 Å². The second-order valence-electron chi connectivity index (χ2n) is 3.29. The molecule has 0 aliphatic heterocycles. The molecule has 0 amide bonds. The Morgan fingerprint density at radius 3 is 2.69 bits per heavy atom. The van der Waals surface area contributed by atoms with Crippen LogP contribution >= 0.6 is 0 Å². The standard InChI is InChI=1S/C9H15NO2S/c1-10-7-8-3-5-9(6-4-8)13(2,11)12/h3,5-6,8,10H,4,7H2,1-2H3. The Morgan fingerprint density at radius 2 is 2.31 bits per heavy atom. The van der Waals surface area contributed by atoms with Crippen LogP contribution in [-0.4, -0.2) is 28.3 Å². The van der Waals surface area contributed by atoms with E-state index in [2.05, 4.69) is 5.32 Å². The quantitative estimate of drug-likeness (QED) is 0.731. The number of hydrogen-bond donors (Lipinski definition) is 1. The second-order valence-corrected chi connectivity index (χ2v) is 5.31. The highest BCUT2D eigenvalue weighted by Gasteiger charge is 2.13. The number of hydrogen-bond acceptors (Lipinski definition) is 3. The van der Waals surface area contributed by atoms with Gasteiger partial charge in [-0.25, -0.2) is 8.42 Å². The van der Waals surface area contributed by atoms with Crippen LogP contribution in [0.5, 0.6) is 0 Å². The maximum Gasteiger partial charge on any atom is 0.175 e. The first-order valence-corrected chi connectivity index (χ1v) is 6.16. The summed E-state index contributed by atoms with van der Waals surface area (Å²) in [7, 11) is -1.12. The summed E-state index contributed by atoms with van der Waals surface area (Å²) in [5, 5.41) is 3.06. The Morgan fingerprint density at radius 1 is 1.62 bits per heavy atom. The van der Waals surface area contributed by atoms with Gasteiger partial charge in [0.1, 0.15) is 0 Å². The van der Waals surface area contributed by atoms with Crippen molar-refractivity contribution in [1.29, 1.82) is 0 Å². The summed E-state index contributed by atoms with van der Waals surface area (Å²) in [6.07, 6.45) is 7.48. The predicted molar refractivity (Wildman–Crippen MR) is 54.1 cm³/mol. The molecule has 0 aromatic carbocycles. The van der Waals surface area contributed by atoms with E-state index in [1.165, 1.54) is 6.26 Å². The molecule has 0 radical (unpaired) electrons. The van der Waals surface area contributed by atoms with Crippen LogP contribution < -0.4 is 5.32 Å².